The smallest absolute Gasteiger partial charge is 0.277 e. The first-order valence-corrected chi connectivity index (χ1v) is 10.5. The normalized spacial score (nSPS) is 10.3. The van der Waals surface area contributed by atoms with E-state index in [-0.39, 0.29) is 24.2 Å². The van der Waals surface area contributed by atoms with Crippen LogP contribution < -0.4 is 10.6 Å². The number of nitro benzene ring substituents is 4. The van der Waals surface area contributed by atoms with Gasteiger partial charge in [0.05, 0.1) is 43.0 Å². The molecule has 16 nitrogen and oxygen atoms in total. The maximum Gasteiger partial charge on any atom is 0.277 e. The van der Waals surface area contributed by atoms with Gasteiger partial charge in [0, 0.05) is 37.4 Å². The lowest BCUT2D eigenvalue weighted by molar-refractivity contribution is -0.394. The van der Waals surface area contributed by atoms with E-state index in [4.69, 9.17) is 0 Å². The van der Waals surface area contributed by atoms with Crippen molar-refractivity contribution >= 4 is 34.6 Å². The Labute approximate surface area is 211 Å². The number of nitrogens with zero attached hydrogens (tertiary/aromatic N) is 4. The van der Waals surface area contributed by atoms with E-state index in [9.17, 15) is 50.0 Å². The summed E-state index contributed by atoms with van der Waals surface area (Å²) < 4.78 is 0. The van der Waals surface area contributed by atoms with Crippen molar-refractivity contribution in [3.05, 3.63) is 123 Å². The first-order chi connectivity index (χ1) is 17.9. The molecule has 0 fully saturated rings. The number of amides is 2. The van der Waals surface area contributed by atoms with E-state index in [1.165, 1.54) is 0 Å². The van der Waals surface area contributed by atoms with Gasteiger partial charge in [0.2, 0.25) is 0 Å². The highest BCUT2D eigenvalue weighted by atomic mass is 16.6. The molecule has 2 N–H and O–H groups in total. The molecule has 3 rings (SSSR count). The molecular weight excluding hydrogens is 508 g/mol. The Hall–Kier alpha value is -5.80. The van der Waals surface area contributed by atoms with Crippen LogP contribution in [0.3, 0.4) is 0 Å². The van der Waals surface area contributed by atoms with Crippen LogP contribution in [0, 0.1) is 40.5 Å². The van der Waals surface area contributed by atoms with Crippen LogP contribution in [-0.4, -0.2) is 31.5 Å². The summed E-state index contributed by atoms with van der Waals surface area (Å²) >= 11 is 0. The summed E-state index contributed by atoms with van der Waals surface area (Å²) in [5, 5.41) is 49.1. The third kappa shape index (κ3) is 6.66. The van der Waals surface area contributed by atoms with Crippen LogP contribution in [0.25, 0.3) is 0 Å². The highest BCUT2D eigenvalue weighted by Gasteiger charge is 2.21. The number of nitrogens with one attached hydrogen (secondary N) is 2. The third-order valence-corrected chi connectivity index (χ3v) is 5.07. The predicted molar refractivity (Wildman–Crippen MR) is 128 cm³/mol. The Bertz CT molecular complexity index is 1320. The lowest BCUT2D eigenvalue weighted by atomic mass is 10.1. The molecule has 0 aliphatic carbocycles. The number of hydrogen-bond donors (Lipinski definition) is 2. The van der Waals surface area contributed by atoms with Crippen LogP contribution in [0.2, 0.25) is 0 Å². The van der Waals surface area contributed by atoms with Crippen LogP contribution in [0.1, 0.15) is 31.8 Å². The zero-order valence-electron chi connectivity index (χ0n) is 19.1. The average Bonchev–Trinajstić information content (AvgIpc) is 2.89. The molecule has 0 bridgehead atoms. The van der Waals surface area contributed by atoms with Crippen LogP contribution >= 0.6 is 0 Å². The molecule has 0 unspecified atom stereocenters. The van der Waals surface area contributed by atoms with Crippen molar-refractivity contribution in [2.24, 2.45) is 0 Å². The monoisotopic (exact) mass is 524 g/mol. The summed E-state index contributed by atoms with van der Waals surface area (Å²) in [6.45, 7) is -0.123. The molecule has 3 aromatic rings. The van der Waals surface area contributed by atoms with Crippen molar-refractivity contribution in [1.29, 1.82) is 0 Å². The van der Waals surface area contributed by atoms with Crippen molar-refractivity contribution < 1.29 is 29.3 Å². The quantitative estimate of drug-likeness (QED) is 0.290. The van der Waals surface area contributed by atoms with E-state index in [0.717, 1.165) is 36.4 Å². The number of rotatable bonds is 10. The molecule has 194 valence electrons. The first-order valence-electron chi connectivity index (χ1n) is 10.5. The van der Waals surface area contributed by atoms with Crippen molar-refractivity contribution in [2.45, 2.75) is 13.1 Å². The summed E-state index contributed by atoms with van der Waals surface area (Å²) in [5.41, 5.74) is -1.91. The summed E-state index contributed by atoms with van der Waals surface area (Å²) in [5.74, 6) is -1.58. The Balaban J connectivity index is 1.68. The zero-order valence-corrected chi connectivity index (χ0v) is 19.1. The average molecular weight is 524 g/mol. The molecule has 38 heavy (non-hydrogen) atoms. The largest absolute Gasteiger partial charge is 0.348 e. The minimum Gasteiger partial charge on any atom is -0.348 e. The maximum absolute atomic E-state index is 12.5. The molecule has 0 atom stereocenters. The standard InChI is InChI=1S/C22H16N6O10/c29-21(15-5-17(25(31)32)9-18(6-15)26(33)34)23-11-13-2-1-3-14(4-13)12-24-22(30)16-7-19(27(35)36)10-20(8-16)28(37)38/h1-10H,11-12H2,(H,23,29)(H,24,30). The lowest BCUT2D eigenvalue weighted by Gasteiger charge is -2.09. The van der Waals surface area contributed by atoms with Crippen molar-refractivity contribution in [2.75, 3.05) is 0 Å². The number of hydrogen-bond acceptors (Lipinski definition) is 10. The highest BCUT2D eigenvalue weighted by molar-refractivity contribution is 5.96. The van der Waals surface area contributed by atoms with E-state index < -0.39 is 54.3 Å². The van der Waals surface area contributed by atoms with Crippen LogP contribution in [0.4, 0.5) is 22.7 Å². The van der Waals surface area contributed by atoms with Crippen molar-refractivity contribution in [3.63, 3.8) is 0 Å². The second kappa shape index (κ2) is 11.3. The Morgan fingerprint density at radius 1 is 0.553 bits per heavy atom. The summed E-state index contributed by atoms with van der Waals surface area (Å²) in [6, 6.07) is 11.6. The van der Waals surface area contributed by atoms with Gasteiger partial charge in [-0.3, -0.25) is 50.0 Å². The SMILES string of the molecule is O=C(NCc1cccc(CNC(=O)c2cc([N+](=O)[O-])cc([N+](=O)[O-])c2)c1)c1cc([N+](=O)[O-])cc([N+](=O)[O-])c1. The van der Waals surface area contributed by atoms with Gasteiger partial charge in [0.25, 0.3) is 34.6 Å². The first kappa shape index (κ1) is 26.8. The minimum atomic E-state index is -0.854. The minimum absolute atomic E-state index is 0.0613. The fourth-order valence-electron chi connectivity index (χ4n) is 3.29. The van der Waals surface area contributed by atoms with Gasteiger partial charge in [-0.2, -0.15) is 0 Å². The van der Waals surface area contributed by atoms with Crippen LogP contribution in [0.15, 0.2) is 60.7 Å². The highest BCUT2D eigenvalue weighted by Crippen LogP contribution is 2.24. The van der Waals surface area contributed by atoms with Gasteiger partial charge in [-0.25, -0.2) is 0 Å². The fraction of sp³-hybridized carbons (Fsp3) is 0.0909. The van der Waals surface area contributed by atoms with Gasteiger partial charge >= 0.3 is 0 Å². The molecule has 0 saturated heterocycles. The lowest BCUT2D eigenvalue weighted by Crippen LogP contribution is -2.24. The van der Waals surface area contributed by atoms with E-state index in [1.807, 2.05) is 0 Å². The van der Waals surface area contributed by atoms with Gasteiger partial charge in [0.15, 0.2) is 0 Å². The molecule has 0 radical (unpaired) electrons. The number of carbonyl (C=O) groups excluding carboxylic acids is 2. The van der Waals surface area contributed by atoms with Gasteiger partial charge < -0.3 is 10.6 Å². The van der Waals surface area contributed by atoms with Gasteiger partial charge in [0.1, 0.15) is 0 Å². The molecule has 3 aromatic carbocycles. The molecule has 0 spiro atoms. The molecule has 0 aromatic heterocycles. The van der Waals surface area contributed by atoms with Crippen molar-refractivity contribution in [3.8, 4) is 0 Å². The molecular formula is C22H16N6O10. The molecule has 0 aliphatic rings. The predicted octanol–water partition coefficient (Wildman–Crippen LogP) is 3.18. The Kier molecular flexibility index (Phi) is 7.96. The van der Waals surface area contributed by atoms with E-state index in [2.05, 4.69) is 10.6 Å². The van der Waals surface area contributed by atoms with Gasteiger partial charge in [-0.15, -0.1) is 0 Å². The zero-order chi connectivity index (χ0) is 28.0. The summed E-state index contributed by atoms with van der Waals surface area (Å²) in [4.78, 5) is 65.6. The molecule has 0 aliphatic heterocycles. The van der Waals surface area contributed by atoms with E-state index >= 15 is 0 Å². The Morgan fingerprint density at radius 2 is 0.868 bits per heavy atom. The van der Waals surface area contributed by atoms with E-state index in [0.29, 0.717) is 11.1 Å². The molecule has 0 saturated carbocycles. The molecule has 2 amide bonds. The summed E-state index contributed by atoms with van der Waals surface area (Å²) in [7, 11) is 0. The molecule has 16 heteroatoms. The molecule has 0 heterocycles. The number of nitro groups is 4. The fourth-order valence-corrected chi connectivity index (χ4v) is 3.29. The number of benzene rings is 3. The number of carbonyl (C=O) groups is 2. The summed E-state index contributed by atoms with van der Waals surface area (Å²) in [6.07, 6.45) is 0. The second-order valence-electron chi connectivity index (χ2n) is 7.69. The second-order valence-corrected chi connectivity index (χ2v) is 7.69. The maximum atomic E-state index is 12.5. The van der Waals surface area contributed by atoms with Gasteiger partial charge in [-0.05, 0) is 11.1 Å². The van der Waals surface area contributed by atoms with Gasteiger partial charge in [-0.1, -0.05) is 24.3 Å². The van der Waals surface area contributed by atoms with Crippen LogP contribution in [0.5, 0.6) is 0 Å². The Morgan fingerprint density at radius 3 is 1.16 bits per heavy atom. The van der Waals surface area contributed by atoms with E-state index in [1.54, 1.807) is 24.3 Å². The third-order valence-electron chi connectivity index (χ3n) is 5.07. The van der Waals surface area contributed by atoms with Crippen LogP contribution in [-0.2, 0) is 13.1 Å². The van der Waals surface area contributed by atoms with Crippen molar-refractivity contribution in [1.82, 2.24) is 10.6 Å². The topological polar surface area (TPSA) is 231 Å². The number of non-ortho nitro benzene ring substituents is 4.